The maximum absolute atomic E-state index is 11.2. The highest BCUT2D eigenvalue weighted by Crippen LogP contribution is 2.05. The lowest BCUT2D eigenvalue weighted by atomic mass is 10.2. The van der Waals surface area contributed by atoms with E-state index in [9.17, 15) is 4.79 Å². The standard InChI is InChI=1S/C11H17N3O2/c1-11(2,3)16-10(15)14-13-8-9-5-4-6-12-7-9/h4-7,13H,8H2,1-3H3,(H,14,15). The fourth-order valence-electron chi connectivity index (χ4n) is 1.02. The Bertz CT molecular complexity index is 333. The second-order valence-corrected chi connectivity index (χ2v) is 4.34. The summed E-state index contributed by atoms with van der Waals surface area (Å²) in [6.45, 7) is 5.95. The maximum Gasteiger partial charge on any atom is 0.422 e. The summed E-state index contributed by atoms with van der Waals surface area (Å²) < 4.78 is 5.05. The molecule has 1 rings (SSSR count). The molecule has 1 heterocycles. The monoisotopic (exact) mass is 223 g/mol. The zero-order valence-electron chi connectivity index (χ0n) is 9.78. The van der Waals surface area contributed by atoms with Gasteiger partial charge in [0, 0.05) is 18.9 Å². The number of carbonyl (C=O) groups is 1. The van der Waals surface area contributed by atoms with Crippen molar-refractivity contribution >= 4 is 6.09 Å². The lowest BCUT2D eigenvalue weighted by molar-refractivity contribution is 0.0497. The summed E-state index contributed by atoms with van der Waals surface area (Å²) in [5.41, 5.74) is 5.71. The van der Waals surface area contributed by atoms with Gasteiger partial charge in [-0.1, -0.05) is 6.07 Å². The van der Waals surface area contributed by atoms with Crippen LogP contribution in [0.25, 0.3) is 0 Å². The number of ether oxygens (including phenoxy) is 1. The Kier molecular flexibility index (Phi) is 4.25. The number of rotatable bonds is 3. The van der Waals surface area contributed by atoms with Gasteiger partial charge in [0.15, 0.2) is 0 Å². The lowest BCUT2D eigenvalue weighted by Gasteiger charge is -2.19. The zero-order chi connectivity index (χ0) is 12.0. The van der Waals surface area contributed by atoms with Gasteiger partial charge >= 0.3 is 6.09 Å². The Morgan fingerprint density at radius 3 is 2.81 bits per heavy atom. The Morgan fingerprint density at radius 1 is 1.50 bits per heavy atom. The van der Waals surface area contributed by atoms with Crippen LogP contribution in [-0.4, -0.2) is 16.7 Å². The maximum atomic E-state index is 11.2. The third kappa shape index (κ3) is 5.31. The number of pyridine rings is 1. The normalized spacial score (nSPS) is 10.9. The molecular formula is C11H17N3O2. The van der Waals surface area contributed by atoms with Gasteiger partial charge < -0.3 is 4.74 Å². The van der Waals surface area contributed by atoms with Gasteiger partial charge in [0.2, 0.25) is 0 Å². The number of aromatic nitrogens is 1. The van der Waals surface area contributed by atoms with Crippen molar-refractivity contribution in [2.24, 2.45) is 0 Å². The molecule has 88 valence electrons. The van der Waals surface area contributed by atoms with E-state index in [0.717, 1.165) is 5.56 Å². The molecule has 0 bridgehead atoms. The van der Waals surface area contributed by atoms with Gasteiger partial charge in [0.25, 0.3) is 0 Å². The highest BCUT2D eigenvalue weighted by molar-refractivity contribution is 5.66. The number of hydrogen-bond donors (Lipinski definition) is 2. The molecule has 1 aromatic heterocycles. The van der Waals surface area contributed by atoms with Gasteiger partial charge in [0.1, 0.15) is 5.60 Å². The first-order valence-electron chi connectivity index (χ1n) is 5.08. The molecule has 0 radical (unpaired) electrons. The molecule has 0 saturated heterocycles. The quantitative estimate of drug-likeness (QED) is 0.764. The predicted molar refractivity (Wildman–Crippen MR) is 60.4 cm³/mol. The Morgan fingerprint density at radius 2 is 2.25 bits per heavy atom. The van der Waals surface area contributed by atoms with Crippen molar-refractivity contribution in [1.82, 2.24) is 15.8 Å². The van der Waals surface area contributed by atoms with Crippen LogP contribution in [0, 0.1) is 0 Å². The van der Waals surface area contributed by atoms with E-state index in [2.05, 4.69) is 15.8 Å². The molecule has 5 heteroatoms. The summed E-state index contributed by atoms with van der Waals surface area (Å²) in [5.74, 6) is 0. The van der Waals surface area contributed by atoms with Gasteiger partial charge in [-0.25, -0.2) is 10.2 Å². The van der Waals surface area contributed by atoms with Crippen LogP contribution in [0.5, 0.6) is 0 Å². The molecule has 0 saturated carbocycles. The summed E-state index contributed by atoms with van der Waals surface area (Å²) in [7, 11) is 0. The molecule has 5 nitrogen and oxygen atoms in total. The van der Waals surface area contributed by atoms with E-state index in [0.29, 0.717) is 6.54 Å². The van der Waals surface area contributed by atoms with Crippen LogP contribution in [-0.2, 0) is 11.3 Å². The second-order valence-electron chi connectivity index (χ2n) is 4.34. The summed E-state index contributed by atoms with van der Waals surface area (Å²) >= 11 is 0. The van der Waals surface area contributed by atoms with Crippen LogP contribution >= 0.6 is 0 Å². The average molecular weight is 223 g/mol. The van der Waals surface area contributed by atoms with Gasteiger partial charge in [-0.2, -0.15) is 0 Å². The van der Waals surface area contributed by atoms with E-state index in [1.807, 2.05) is 32.9 Å². The van der Waals surface area contributed by atoms with Crippen molar-refractivity contribution in [3.05, 3.63) is 30.1 Å². The fraction of sp³-hybridized carbons (Fsp3) is 0.455. The van der Waals surface area contributed by atoms with Gasteiger partial charge in [-0.15, -0.1) is 0 Å². The topological polar surface area (TPSA) is 63.2 Å². The molecule has 0 aliphatic carbocycles. The van der Waals surface area contributed by atoms with E-state index < -0.39 is 11.7 Å². The smallest absolute Gasteiger partial charge is 0.422 e. The summed E-state index contributed by atoms with van der Waals surface area (Å²) in [4.78, 5) is 15.2. The lowest BCUT2D eigenvalue weighted by Crippen LogP contribution is -2.40. The second kappa shape index (κ2) is 5.46. The van der Waals surface area contributed by atoms with Gasteiger partial charge in [0.05, 0.1) is 0 Å². The van der Waals surface area contributed by atoms with Crippen molar-refractivity contribution in [3.8, 4) is 0 Å². The molecule has 0 atom stereocenters. The first kappa shape index (κ1) is 12.4. The minimum Gasteiger partial charge on any atom is -0.443 e. The van der Waals surface area contributed by atoms with E-state index in [-0.39, 0.29) is 0 Å². The SMILES string of the molecule is CC(C)(C)OC(=O)NNCc1cccnc1. The molecule has 0 aliphatic heterocycles. The molecule has 1 amide bonds. The first-order chi connectivity index (χ1) is 7.47. The minimum atomic E-state index is -0.489. The van der Waals surface area contributed by atoms with Gasteiger partial charge in [-0.3, -0.25) is 10.4 Å². The van der Waals surface area contributed by atoms with Crippen molar-refractivity contribution in [3.63, 3.8) is 0 Å². The average Bonchev–Trinajstić information content (AvgIpc) is 2.16. The third-order valence-corrected chi connectivity index (χ3v) is 1.60. The van der Waals surface area contributed by atoms with Crippen molar-refractivity contribution in [2.75, 3.05) is 0 Å². The molecule has 0 aliphatic rings. The number of hydrogen-bond acceptors (Lipinski definition) is 4. The molecule has 1 aromatic rings. The summed E-state index contributed by atoms with van der Waals surface area (Å²) in [5, 5.41) is 0. The highest BCUT2D eigenvalue weighted by Gasteiger charge is 2.15. The third-order valence-electron chi connectivity index (χ3n) is 1.60. The number of nitrogens with one attached hydrogen (secondary N) is 2. The minimum absolute atomic E-state index is 0.486. The molecule has 2 N–H and O–H groups in total. The Labute approximate surface area is 95.2 Å². The Balaban J connectivity index is 2.24. The Hall–Kier alpha value is -1.62. The predicted octanol–water partition coefficient (Wildman–Crippen LogP) is 1.61. The van der Waals surface area contributed by atoms with E-state index >= 15 is 0 Å². The van der Waals surface area contributed by atoms with Crippen LogP contribution in [0.3, 0.4) is 0 Å². The fourth-order valence-corrected chi connectivity index (χ4v) is 1.02. The molecule has 0 fully saturated rings. The number of carbonyl (C=O) groups excluding carboxylic acids is 1. The number of nitrogens with zero attached hydrogens (tertiary/aromatic N) is 1. The molecule has 0 spiro atoms. The molecule has 16 heavy (non-hydrogen) atoms. The number of hydrazine groups is 1. The van der Waals surface area contributed by atoms with E-state index in [1.54, 1.807) is 12.4 Å². The van der Waals surface area contributed by atoms with Crippen molar-refractivity contribution in [1.29, 1.82) is 0 Å². The highest BCUT2D eigenvalue weighted by atomic mass is 16.6. The van der Waals surface area contributed by atoms with E-state index in [1.165, 1.54) is 0 Å². The molecule has 0 aromatic carbocycles. The van der Waals surface area contributed by atoms with E-state index in [4.69, 9.17) is 4.74 Å². The summed E-state index contributed by atoms with van der Waals surface area (Å²) in [6, 6.07) is 3.75. The molecular weight excluding hydrogens is 206 g/mol. The van der Waals surface area contributed by atoms with Crippen LogP contribution in [0.1, 0.15) is 26.3 Å². The number of amides is 1. The largest absolute Gasteiger partial charge is 0.443 e. The summed E-state index contributed by atoms with van der Waals surface area (Å²) in [6.07, 6.45) is 2.94. The van der Waals surface area contributed by atoms with Crippen LogP contribution < -0.4 is 10.9 Å². The van der Waals surface area contributed by atoms with Crippen molar-refractivity contribution < 1.29 is 9.53 Å². The molecule has 0 unspecified atom stereocenters. The van der Waals surface area contributed by atoms with Gasteiger partial charge in [-0.05, 0) is 32.4 Å². The zero-order valence-corrected chi connectivity index (χ0v) is 9.78. The van der Waals surface area contributed by atoms with Crippen LogP contribution in [0.2, 0.25) is 0 Å². The van der Waals surface area contributed by atoms with Crippen molar-refractivity contribution in [2.45, 2.75) is 32.9 Å². The van der Waals surface area contributed by atoms with Crippen LogP contribution in [0.15, 0.2) is 24.5 Å². The van der Waals surface area contributed by atoms with Crippen LogP contribution in [0.4, 0.5) is 4.79 Å². The first-order valence-corrected chi connectivity index (χ1v) is 5.08.